The molecule has 3 aliphatic rings. The molecule has 0 unspecified atom stereocenters. The summed E-state index contributed by atoms with van der Waals surface area (Å²) >= 11 is 1.22. The van der Waals surface area contributed by atoms with Crippen molar-refractivity contribution in [1.82, 2.24) is 15.2 Å². The number of nitrogens with one attached hydrogen (secondary N) is 1. The highest BCUT2D eigenvalue weighted by atomic mass is 32.1. The van der Waals surface area contributed by atoms with Crippen LogP contribution in [0.3, 0.4) is 0 Å². The van der Waals surface area contributed by atoms with Crippen molar-refractivity contribution in [3.63, 3.8) is 0 Å². The zero-order valence-electron chi connectivity index (χ0n) is 15.2. The predicted molar refractivity (Wildman–Crippen MR) is 99.2 cm³/mol. The molecule has 150 valence electrons. The Kier molecular flexibility index (Phi) is 5.05. The number of piperidine rings is 3. The van der Waals surface area contributed by atoms with Crippen LogP contribution in [0, 0.1) is 5.92 Å². The number of carbonyl (C=O) groups excluding carboxylic acids is 1. The molecule has 0 spiro atoms. The SMILES string of the molecule is C[C@@H]1[C@H](NC(=O)c2cnc(-c3ccc(OC(F)(F)F)cc3)s2)C2CCN1CC2. The lowest BCUT2D eigenvalue weighted by Gasteiger charge is -2.49. The molecule has 0 aliphatic carbocycles. The number of amides is 1. The van der Waals surface area contributed by atoms with Gasteiger partial charge in [-0.1, -0.05) is 0 Å². The Hall–Kier alpha value is -2.13. The Morgan fingerprint density at radius 3 is 2.54 bits per heavy atom. The third-order valence-corrected chi connectivity index (χ3v) is 6.59. The summed E-state index contributed by atoms with van der Waals surface area (Å²) in [5.41, 5.74) is 0.634. The van der Waals surface area contributed by atoms with Crippen LogP contribution in [0.5, 0.6) is 5.75 Å². The normalized spacial score (nSPS) is 26.9. The number of aromatic nitrogens is 1. The van der Waals surface area contributed by atoms with Crippen molar-refractivity contribution in [3.8, 4) is 16.3 Å². The zero-order valence-corrected chi connectivity index (χ0v) is 16.0. The quantitative estimate of drug-likeness (QED) is 0.829. The molecule has 5 rings (SSSR count). The number of fused-ring (bicyclic) bond motifs is 3. The maximum atomic E-state index is 12.7. The standard InChI is InChI=1S/C19H20F3N3O2S/c1-11-16(12-6-8-25(11)9-7-12)24-17(26)15-10-23-18(28-15)13-2-4-14(5-3-13)27-19(20,21)22/h2-5,10-12,16H,6-9H2,1H3,(H,24,26)/t11-,16+/m1/s1. The number of ether oxygens (including phenoxy) is 1. The van der Waals surface area contributed by atoms with Crippen molar-refractivity contribution in [2.75, 3.05) is 13.1 Å². The first kappa shape index (κ1) is 19.2. The number of nitrogens with zero attached hydrogens (tertiary/aromatic N) is 2. The monoisotopic (exact) mass is 411 g/mol. The van der Waals surface area contributed by atoms with E-state index in [9.17, 15) is 18.0 Å². The number of alkyl halides is 3. The van der Waals surface area contributed by atoms with Gasteiger partial charge in [-0.25, -0.2) is 4.98 Å². The van der Waals surface area contributed by atoms with Crippen LogP contribution in [0.2, 0.25) is 0 Å². The van der Waals surface area contributed by atoms with Gasteiger partial charge in [0.25, 0.3) is 5.91 Å². The average Bonchev–Trinajstić information content (AvgIpc) is 3.14. The van der Waals surface area contributed by atoms with E-state index in [2.05, 4.69) is 26.9 Å². The molecule has 0 radical (unpaired) electrons. The maximum absolute atomic E-state index is 12.7. The molecule has 9 heteroatoms. The highest BCUT2D eigenvalue weighted by Crippen LogP contribution is 2.33. The van der Waals surface area contributed by atoms with Gasteiger partial charge in [0.1, 0.15) is 15.6 Å². The van der Waals surface area contributed by atoms with E-state index < -0.39 is 6.36 Å². The van der Waals surface area contributed by atoms with Crippen molar-refractivity contribution in [2.24, 2.45) is 5.92 Å². The molecule has 2 atom stereocenters. The van der Waals surface area contributed by atoms with Gasteiger partial charge in [0.2, 0.25) is 0 Å². The lowest BCUT2D eigenvalue weighted by molar-refractivity contribution is -0.274. The Bertz CT molecular complexity index is 843. The summed E-state index contributed by atoms with van der Waals surface area (Å²) in [6.07, 6.45) is -0.993. The van der Waals surface area contributed by atoms with Crippen LogP contribution in [-0.2, 0) is 0 Å². The predicted octanol–water partition coefficient (Wildman–Crippen LogP) is 3.92. The summed E-state index contributed by atoms with van der Waals surface area (Å²) in [5, 5.41) is 3.74. The molecule has 28 heavy (non-hydrogen) atoms. The molecule has 2 bridgehead atoms. The number of benzene rings is 1. The van der Waals surface area contributed by atoms with Crippen molar-refractivity contribution in [3.05, 3.63) is 35.3 Å². The summed E-state index contributed by atoms with van der Waals surface area (Å²) in [5.74, 6) is 0.0750. The van der Waals surface area contributed by atoms with E-state index in [-0.39, 0.29) is 17.7 Å². The van der Waals surface area contributed by atoms with Gasteiger partial charge >= 0.3 is 6.36 Å². The fourth-order valence-electron chi connectivity index (χ4n) is 4.08. The Balaban J connectivity index is 1.43. The van der Waals surface area contributed by atoms with Crippen LogP contribution in [0.15, 0.2) is 30.5 Å². The second-order valence-electron chi connectivity index (χ2n) is 7.22. The summed E-state index contributed by atoms with van der Waals surface area (Å²) < 4.78 is 40.6. The molecule has 1 amide bonds. The molecule has 3 aliphatic heterocycles. The molecule has 1 N–H and O–H groups in total. The van der Waals surface area contributed by atoms with E-state index in [1.165, 1.54) is 41.8 Å². The van der Waals surface area contributed by atoms with E-state index in [4.69, 9.17) is 0 Å². The third kappa shape index (κ3) is 4.00. The zero-order chi connectivity index (χ0) is 19.9. The minimum atomic E-state index is -4.72. The first-order valence-electron chi connectivity index (χ1n) is 9.17. The fourth-order valence-corrected chi connectivity index (χ4v) is 4.90. The van der Waals surface area contributed by atoms with Crippen LogP contribution in [-0.4, -0.2) is 47.3 Å². The number of hydrogen-bond acceptors (Lipinski definition) is 5. The van der Waals surface area contributed by atoms with E-state index in [0.717, 1.165) is 25.9 Å². The highest BCUT2D eigenvalue weighted by molar-refractivity contribution is 7.16. The fraction of sp³-hybridized carbons (Fsp3) is 0.474. The van der Waals surface area contributed by atoms with Crippen molar-refractivity contribution < 1.29 is 22.7 Å². The minimum absolute atomic E-state index is 0.138. The van der Waals surface area contributed by atoms with Gasteiger partial charge in [-0.3, -0.25) is 9.69 Å². The Morgan fingerprint density at radius 2 is 1.93 bits per heavy atom. The smallest absolute Gasteiger partial charge is 0.406 e. The van der Waals surface area contributed by atoms with E-state index in [0.29, 0.717) is 27.4 Å². The Labute approximate surface area is 164 Å². The molecule has 2 aromatic rings. The number of carbonyl (C=O) groups is 1. The summed E-state index contributed by atoms with van der Waals surface area (Å²) in [7, 11) is 0. The van der Waals surface area contributed by atoms with Crippen LogP contribution in [0.1, 0.15) is 29.4 Å². The molecule has 5 nitrogen and oxygen atoms in total. The number of thiazole rings is 1. The first-order valence-corrected chi connectivity index (χ1v) is 9.99. The maximum Gasteiger partial charge on any atom is 0.573 e. The van der Waals surface area contributed by atoms with Crippen LogP contribution >= 0.6 is 11.3 Å². The molecule has 0 saturated carbocycles. The molecular weight excluding hydrogens is 391 g/mol. The molecule has 4 heterocycles. The van der Waals surface area contributed by atoms with Crippen molar-refractivity contribution in [2.45, 2.75) is 38.2 Å². The van der Waals surface area contributed by atoms with Gasteiger partial charge in [-0.05, 0) is 63.0 Å². The lowest BCUT2D eigenvalue weighted by Crippen LogP contribution is -2.62. The molecule has 1 aromatic heterocycles. The van der Waals surface area contributed by atoms with Crippen LogP contribution in [0.4, 0.5) is 13.2 Å². The summed E-state index contributed by atoms with van der Waals surface area (Å²) in [6.45, 7) is 4.34. The van der Waals surface area contributed by atoms with Crippen LogP contribution < -0.4 is 10.1 Å². The number of hydrogen-bond donors (Lipinski definition) is 1. The molecule has 3 saturated heterocycles. The van der Waals surface area contributed by atoms with Crippen molar-refractivity contribution in [1.29, 1.82) is 0 Å². The summed E-state index contributed by atoms with van der Waals surface area (Å²) in [6, 6.07) is 5.93. The topological polar surface area (TPSA) is 54.5 Å². The van der Waals surface area contributed by atoms with Gasteiger partial charge in [0, 0.05) is 17.6 Å². The van der Waals surface area contributed by atoms with Gasteiger partial charge in [-0.15, -0.1) is 24.5 Å². The van der Waals surface area contributed by atoms with Gasteiger partial charge in [-0.2, -0.15) is 0 Å². The number of halogens is 3. The highest BCUT2D eigenvalue weighted by Gasteiger charge is 2.40. The van der Waals surface area contributed by atoms with E-state index >= 15 is 0 Å². The third-order valence-electron chi connectivity index (χ3n) is 5.54. The van der Waals surface area contributed by atoms with Crippen LogP contribution in [0.25, 0.3) is 10.6 Å². The first-order chi connectivity index (χ1) is 13.3. The largest absolute Gasteiger partial charge is 0.573 e. The second kappa shape index (κ2) is 7.36. The molecular formula is C19H20F3N3O2S. The molecule has 3 fully saturated rings. The summed E-state index contributed by atoms with van der Waals surface area (Å²) in [4.78, 5) is 19.8. The number of rotatable bonds is 4. The van der Waals surface area contributed by atoms with Crippen molar-refractivity contribution >= 4 is 17.2 Å². The average molecular weight is 411 g/mol. The second-order valence-corrected chi connectivity index (χ2v) is 8.25. The minimum Gasteiger partial charge on any atom is -0.406 e. The van der Waals surface area contributed by atoms with Gasteiger partial charge in [0.15, 0.2) is 0 Å². The van der Waals surface area contributed by atoms with E-state index in [1.807, 2.05) is 0 Å². The van der Waals surface area contributed by atoms with Gasteiger partial charge in [0.05, 0.1) is 6.20 Å². The molecule has 1 aromatic carbocycles. The lowest BCUT2D eigenvalue weighted by atomic mass is 9.79. The van der Waals surface area contributed by atoms with Gasteiger partial charge < -0.3 is 10.1 Å². The van der Waals surface area contributed by atoms with E-state index in [1.54, 1.807) is 0 Å². The Morgan fingerprint density at radius 1 is 1.25 bits per heavy atom.